The lowest BCUT2D eigenvalue weighted by Crippen LogP contribution is -2.29. The van der Waals surface area contributed by atoms with E-state index < -0.39 is 29.4 Å². The zero-order valence-corrected chi connectivity index (χ0v) is 17.1. The number of primary amides is 1. The summed E-state index contributed by atoms with van der Waals surface area (Å²) in [6, 6.07) is 9.43. The number of aromatic nitrogens is 2. The van der Waals surface area contributed by atoms with Crippen LogP contribution in [-0.4, -0.2) is 32.8 Å². The molecule has 31 heavy (non-hydrogen) atoms. The maximum Gasteiger partial charge on any atom is 0.301 e. The van der Waals surface area contributed by atoms with E-state index in [1.54, 1.807) is 57.2 Å². The molecule has 0 saturated carbocycles. The molecule has 1 saturated heterocycles. The van der Waals surface area contributed by atoms with Crippen LogP contribution in [0.2, 0.25) is 0 Å². The van der Waals surface area contributed by atoms with Gasteiger partial charge in [-0.3, -0.25) is 19.3 Å². The van der Waals surface area contributed by atoms with Gasteiger partial charge in [0, 0.05) is 17.3 Å². The van der Waals surface area contributed by atoms with Crippen molar-refractivity contribution in [3.8, 4) is 0 Å². The average Bonchev–Trinajstić information content (AvgIpc) is 3.37. The first-order chi connectivity index (χ1) is 14.7. The number of aryl methyl sites for hydroxylation is 2. The Labute approximate surface area is 177 Å². The maximum absolute atomic E-state index is 13.1. The number of Topliss-reactive ketones (excluding diaryl/α,β-unsaturated/α-hetero) is 1. The smallest absolute Gasteiger partial charge is 0.301 e. The monoisotopic (exact) mass is 420 g/mol. The van der Waals surface area contributed by atoms with E-state index in [-0.39, 0.29) is 22.6 Å². The van der Waals surface area contributed by atoms with Crippen LogP contribution >= 0.6 is 0 Å². The fourth-order valence-electron chi connectivity index (χ4n) is 3.97. The van der Waals surface area contributed by atoms with E-state index >= 15 is 0 Å². The van der Waals surface area contributed by atoms with Crippen molar-refractivity contribution in [2.45, 2.75) is 26.8 Å². The van der Waals surface area contributed by atoms with Crippen molar-refractivity contribution in [2.24, 2.45) is 5.73 Å². The van der Waals surface area contributed by atoms with E-state index in [1.165, 1.54) is 4.90 Å². The van der Waals surface area contributed by atoms with E-state index in [2.05, 4.69) is 10.1 Å². The lowest BCUT2D eigenvalue weighted by molar-refractivity contribution is -0.132. The second kappa shape index (κ2) is 7.28. The van der Waals surface area contributed by atoms with Gasteiger partial charge < -0.3 is 20.3 Å². The molecule has 158 valence electrons. The Balaban J connectivity index is 1.99. The third-order valence-corrected chi connectivity index (χ3v) is 5.34. The molecule has 0 spiro atoms. The number of amides is 2. The summed E-state index contributed by atoms with van der Waals surface area (Å²) in [4.78, 5) is 41.8. The normalized spacial score (nSPS) is 18.0. The molecule has 3 heterocycles. The van der Waals surface area contributed by atoms with Gasteiger partial charge in [-0.15, -0.1) is 0 Å². The van der Waals surface area contributed by atoms with Crippen LogP contribution in [-0.2, 0) is 9.59 Å². The Kier molecular flexibility index (Phi) is 4.73. The lowest BCUT2D eigenvalue weighted by atomic mass is 9.94. The predicted molar refractivity (Wildman–Crippen MR) is 111 cm³/mol. The highest BCUT2D eigenvalue weighted by Crippen LogP contribution is 2.42. The van der Waals surface area contributed by atoms with Crippen LogP contribution in [0.1, 0.15) is 44.7 Å². The minimum absolute atomic E-state index is 0.113. The van der Waals surface area contributed by atoms with Crippen molar-refractivity contribution in [3.05, 3.63) is 75.8 Å². The molecule has 1 aliphatic rings. The summed E-state index contributed by atoms with van der Waals surface area (Å²) in [7, 11) is 0. The number of rotatable bonds is 4. The molecule has 1 atom stereocenters. The SMILES string of the molecule is Cc1cc(N2C(=O)C(=O)/C(=C(/O)c3c(C)[nH]c(C(N)=O)c3C)C2c2ccccc2)no1. The van der Waals surface area contributed by atoms with Gasteiger partial charge in [-0.05, 0) is 31.9 Å². The predicted octanol–water partition coefficient (Wildman–Crippen LogP) is 2.65. The minimum atomic E-state index is -0.934. The number of anilines is 1. The van der Waals surface area contributed by atoms with Gasteiger partial charge in [0.15, 0.2) is 5.82 Å². The number of carbonyl (C=O) groups excluding carboxylic acids is 3. The van der Waals surface area contributed by atoms with Crippen LogP contribution in [0.4, 0.5) is 5.82 Å². The summed E-state index contributed by atoms with van der Waals surface area (Å²) in [5.41, 5.74) is 7.10. The second-order valence-corrected chi connectivity index (χ2v) is 7.36. The van der Waals surface area contributed by atoms with Crippen LogP contribution in [0.15, 0.2) is 46.5 Å². The van der Waals surface area contributed by atoms with Crippen LogP contribution in [0, 0.1) is 20.8 Å². The lowest BCUT2D eigenvalue weighted by Gasteiger charge is -2.22. The Morgan fingerprint density at radius 3 is 2.42 bits per heavy atom. The third kappa shape index (κ3) is 3.10. The highest BCUT2D eigenvalue weighted by molar-refractivity contribution is 6.51. The molecule has 9 nitrogen and oxygen atoms in total. The van der Waals surface area contributed by atoms with Gasteiger partial charge >= 0.3 is 5.91 Å². The fourth-order valence-corrected chi connectivity index (χ4v) is 3.97. The van der Waals surface area contributed by atoms with Gasteiger partial charge in [0.05, 0.1) is 11.6 Å². The summed E-state index contributed by atoms with van der Waals surface area (Å²) in [5.74, 6) is -2.18. The van der Waals surface area contributed by atoms with Crippen LogP contribution in [0.25, 0.3) is 5.76 Å². The summed E-state index contributed by atoms with van der Waals surface area (Å²) in [5, 5.41) is 15.1. The van der Waals surface area contributed by atoms with Crippen LogP contribution in [0.3, 0.4) is 0 Å². The number of hydrogen-bond donors (Lipinski definition) is 3. The molecule has 1 fully saturated rings. The topological polar surface area (TPSA) is 143 Å². The van der Waals surface area contributed by atoms with Crippen LogP contribution < -0.4 is 10.6 Å². The number of carbonyl (C=O) groups is 3. The summed E-state index contributed by atoms with van der Waals surface area (Å²) in [6.07, 6.45) is 0. The zero-order valence-electron chi connectivity index (χ0n) is 17.1. The maximum atomic E-state index is 13.1. The summed E-state index contributed by atoms with van der Waals surface area (Å²) < 4.78 is 5.10. The van der Waals surface area contributed by atoms with Crippen molar-refractivity contribution in [1.82, 2.24) is 10.1 Å². The molecule has 1 aromatic carbocycles. The van der Waals surface area contributed by atoms with Crippen molar-refractivity contribution >= 4 is 29.2 Å². The number of nitrogens with one attached hydrogen (secondary N) is 1. The minimum Gasteiger partial charge on any atom is -0.507 e. The molecule has 0 aliphatic carbocycles. The van der Waals surface area contributed by atoms with Crippen molar-refractivity contribution in [3.63, 3.8) is 0 Å². The van der Waals surface area contributed by atoms with Crippen molar-refractivity contribution < 1.29 is 24.0 Å². The number of nitrogens with zero attached hydrogens (tertiary/aromatic N) is 2. The Hall–Kier alpha value is -4.14. The highest BCUT2D eigenvalue weighted by atomic mass is 16.5. The molecule has 4 N–H and O–H groups in total. The van der Waals surface area contributed by atoms with Gasteiger partial charge in [0.25, 0.3) is 11.7 Å². The van der Waals surface area contributed by atoms with Gasteiger partial charge in [-0.1, -0.05) is 35.5 Å². The van der Waals surface area contributed by atoms with Crippen molar-refractivity contribution in [2.75, 3.05) is 4.90 Å². The number of hydrogen-bond acceptors (Lipinski definition) is 6. The number of aliphatic hydroxyl groups excluding tert-OH is 1. The zero-order chi connectivity index (χ0) is 22.4. The van der Waals surface area contributed by atoms with E-state index in [9.17, 15) is 19.5 Å². The number of aliphatic hydroxyl groups is 1. The number of ketones is 1. The fraction of sp³-hybridized carbons (Fsp3) is 0.182. The van der Waals surface area contributed by atoms with E-state index in [0.717, 1.165) is 0 Å². The molecule has 3 aromatic rings. The Bertz CT molecular complexity index is 1250. The molecule has 0 radical (unpaired) electrons. The molecule has 1 unspecified atom stereocenters. The Morgan fingerprint density at radius 2 is 1.87 bits per heavy atom. The Morgan fingerprint density at radius 1 is 1.19 bits per heavy atom. The van der Waals surface area contributed by atoms with E-state index in [0.29, 0.717) is 22.6 Å². The van der Waals surface area contributed by atoms with E-state index in [1.807, 2.05) is 0 Å². The van der Waals surface area contributed by atoms with Crippen LogP contribution in [0.5, 0.6) is 0 Å². The molecule has 2 aromatic heterocycles. The first kappa shape index (κ1) is 20.1. The van der Waals surface area contributed by atoms with Gasteiger partial charge in [-0.2, -0.15) is 0 Å². The van der Waals surface area contributed by atoms with E-state index in [4.69, 9.17) is 10.3 Å². The number of H-pyrrole nitrogens is 1. The first-order valence-electron chi connectivity index (χ1n) is 9.51. The molecular formula is C22H20N4O5. The number of benzene rings is 1. The molecule has 1 aliphatic heterocycles. The third-order valence-electron chi connectivity index (χ3n) is 5.34. The highest BCUT2D eigenvalue weighted by Gasteiger charge is 2.48. The largest absolute Gasteiger partial charge is 0.507 e. The quantitative estimate of drug-likeness (QED) is 0.336. The second-order valence-electron chi connectivity index (χ2n) is 7.36. The van der Waals surface area contributed by atoms with Crippen molar-refractivity contribution in [1.29, 1.82) is 0 Å². The van der Waals surface area contributed by atoms with Gasteiger partial charge in [0.1, 0.15) is 17.2 Å². The summed E-state index contributed by atoms with van der Waals surface area (Å²) in [6.45, 7) is 4.92. The van der Waals surface area contributed by atoms with Gasteiger partial charge in [-0.25, -0.2) is 0 Å². The number of nitrogens with two attached hydrogens (primary N) is 1. The molecular weight excluding hydrogens is 400 g/mol. The van der Waals surface area contributed by atoms with Gasteiger partial charge in [0.2, 0.25) is 0 Å². The average molecular weight is 420 g/mol. The standard InChI is InChI=1S/C22H20N4O5/c1-10-9-14(25-31-10)26-18(13-7-5-4-6-8-13)16(20(28)22(26)30)19(27)15-11(2)17(21(23)29)24-12(15)3/h4-9,18,24,27H,1-3H3,(H2,23,29)/b19-16+. The first-order valence-corrected chi connectivity index (χ1v) is 9.51. The molecule has 0 bridgehead atoms. The molecule has 2 amide bonds. The molecule has 4 rings (SSSR count). The molecule has 9 heteroatoms. The summed E-state index contributed by atoms with van der Waals surface area (Å²) >= 11 is 0. The number of aromatic amines is 1.